The topological polar surface area (TPSA) is 58.6 Å². The molecule has 0 aromatic heterocycles. The molecular formula is C20H20BrFN2O3. The van der Waals surface area contributed by atoms with Gasteiger partial charge in [-0.15, -0.1) is 0 Å². The molecule has 1 aliphatic heterocycles. The van der Waals surface area contributed by atoms with Crippen LogP contribution in [0, 0.1) is 5.82 Å². The molecule has 1 N–H and O–H groups in total. The molecule has 0 bridgehead atoms. The molecule has 2 amide bonds. The summed E-state index contributed by atoms with van der Waals surface area (Å²) in [6, 6.07) is 13.1. The van der Waals surface area contributed by atoms with Crippen LogP contribution < -0.4 is 5.32 Å². The minimum absolute atomic E-state index is 0.0403. The second-order valence-corrected chi connectivity index (χ2v) is 7.18. The molecule has 0 unspecified atom stereocenters. The van der Waals surface area contributed by atoms with Crippen molar-refractivity contribution in [1.29, 1.82) is 0 Å². The number of benzene rings is 2. The average Bonchev–Trinajstić information content (AvgIpc) is 2.69. The molecule has 2 aromatic carbocycles. The monoisotopic (exact) mass is 434 g/mol. The number of hydrogen-bond donors (Lipinski definition) is 1. The van der Waals surface area contributed by atoms with E-state index in [9.17, 15) is 14.0 Å². The quantitative estimate of drug-likeness (QED) is 0.784. The molecule has 3 rings (SSSR count). The van der Waals surface area contributed by atoms with Gasteiger partial charge in [-0.1, -0.05) is 28.1 Å². The molecule has 27 heavy (non-hydrogen) atoms. The predicted octanol–water partition coefficient (Wildman–Crippen LogP) is 3.31. The molecule has 7 heteroatoms. The maximum atomic E-state index is 13.1. The Labute approximate surface area is 165 Å². The number of nitrogens with one attached hydrogen (secondary N) is 1. The van der Waals surface area contributed by atoms with E-state index in [0.717, 1.165) is 10.0 Å². The van der Waals surface area contributed by atoms with Crippen LogP contribution in [0.3, 0.4) is 0 Å². The van der Waals surface area contributed by atoms with Crippen molar-refractivity contribution >= 4 is 27.7 Å². The van der Waals surface area contributed by atoms with Gasteiger partial charge in [0.15, 0.2) is 0 Å². The molecule has 2 aromatic rings. The zero-order valence-corrected chi connectivity index (χ0v) is 16.2. The van der Waals surface area contributed by atoms with E-state index in [1.807, 2.05) is 0 Å². The Morgan fingerprint density at radius 3 is 2.56 bits per heavy atom. The predicted molar refractivity (Wildman–Crippen MR) is 103 cm³/mol. The van der Waals surface area contributed by atoms with Crippen molar-refractivity contribution in [2.75, 3.05) is 26.2 Å². The Balaban J connectivity index is 1.48. The fraction of sp³-hybridized carbons (Fsp3) is 0.300. The zero-order chi connectivity index (χ0) is 19.2. The highest BCUT2D eigenvalue weighted by atomic mass is 79.9. The van der Waals surface area contributed by atoms with Crippen LogP contribution in [0.5, 0.6) is 0 Å². The lowest BCUT2D eigenvalue weighted by Crippen LogP contribution is -2.43. The van der Waals surface area contributed by atoms with Gasteiger partial charge in [0, 0.05) is 29.5 Å². The number of carbonyl (C=O) groups excluding carboxylic acids is 2. The second kappa shape index (κ2) is 9.10. The normalized spacial score (nSPS) is 16.8. The van der Waals surface area contributed by atoms with E-state index in [0.29, 0.717) is 25.3 Å². The molecule has 1 aliphatic rings. The summed E-state index contributed by atoms with van der Waals surface area (Å²) in [5.74, 6) is -0.549. The first-order valence-corrected chi connectivity index (χ1v) is 9.51. The van der Waals surface area contributed by atoms with E-state index >= 15 is 0 Å². The first kappa shape index (κ1) is 19.5. The number of hydrogen-bond acceptors (Lipinski definition) is 3. The summed E-state index contributed by atoms with van der Waals surface area (Å²) >= 11 is 3.32. The zero-order valence-electron chi connectivity index (χ0n) is 14.7. The van der Waals surface area contributed by atoms with Gasteiger partial charge in [0.25, 0.3) is 5.91 Å². The van der Waals surface area contributed by atoms with Crippen molar-refractivity contribution in [2.24, 2.45) is 0 Å². The van der Waals surface area contributed by atoms with Gasteiger partial charge >= 0.3 is 0 Å². The summed E-state index contributed by atoms with van der Waals surface area (Å²) in [5.41, 5.74) is 1.39. The van der Waals surface area contributed by atoms with Crippen molar-refractivity contribution in [1.82, 2.24) is 10.2 Å². The summed E-state index contributed by atoms with van der Waals surface area (Å²) < 4.78 is 19.7. The fourth-order valence-electron chi connectivity index (χ4n) is 2.90. The molecule has 0 aliphatic carbocycles. The molecular weight excluding hydrogens is 415 g/mol. The average molecular weight is 435 g/mol. The molecule has 1 fully saturated rings. The Morgan fingerprint density at radius 1 is 1.15 bits per heavy atom. The molecule has 0 radical (unpaired) electrons. The van der Waals surface area contributed by atoms with Gasteiger partial charge in [-0.25, -0.2) is 4.39 Å². The first-order chi connectivity index (χ1) is 13.0. The van der Waals surface area contributed by atoms with Crippen LogP contribution in [-0.2, 0) is 9.53 Å². The third-order valence-corrected chi connectivity index (χ3v) is 4.92. The maximum absolute atomic E-state index is 13.1. The first-order valence-electron chi connectivity index (χ1n) is 8.71. The standard InChI is InChI=1S/C20H20BrFN2O3/c21-16-5-1-15(2-6-16)20(26)23-10-9-19(25)24-11-12-27-18(13-24)14-3-7-17(22)8-4-14/h1-8,18H,9-13H2,(H,23,26)/t18-/m1/s1. The minimum Gasteiger partial charge on any atom is -0.370 e. The van der Waals surface area contributed by atoms with Crippen LogP contribution in [0.2, 0.25) is 0 Å². The van der Waals surface area contributed by atoms with Gasteiger partial charge in [-0.3, -0.25) is 9.59 Å². The summed E-state index contributed by atoms with van der Waals surface area (Å²) in [6.45, 7) is 1.63. The van der Waals surface area contributed by atoms with Gasteiger partial charge in [0.1, 0.15) is 11.9 Å². The van der Waals surface area contributed by atoms with Crippen LogP contribution in [-0.4, -0.2) is 43.0 Å². The summed E-state index contributed by atoms with van der Waals surface area (Å²) in [7, 11) is 0. The SMILES string of the molecule is O=C(NCCC(=O)N1CCO[C@@H](c2ccc(F)cc2)C1)c1ccc(Br)cc1. The Morgan fingerprint density at radius 2 is 1.85 bits per heavy atom. The van der Waals surface area contributed by atoms with Crippen molar-refractivity contribution in [2.45, 2.75) is 12.5 Å². The van der Waals surface area contributed by atoms with Crippen LogP contribution in [0.4, 0.5) is 4.39 Å². The van der Waals surface area contributed by atoms with E-state index in [1.165, 1.54) is 12.1 Å². The third kappa shape index (κ3) is 5.37. The van der Waals surface area contributed by atoms with Crippen molar-refractivity contribution < 1.29 is 18.7 Å². The molecule has 1 atom stereocenters. The van der Waals surface area contributed by atoms with Crippen LogP contribution >= 0.6 is 15.9 Å². The lowest BCUT2D eigenvalue weighted by Gasteiger charge is -2.33. The molecule has 142 valence electrons. The minimum atomic E-state index is -0.302. The molecule has 0 spiro atoms. The number of amides is 2. The van der Waals surface area contributed by atoms with Crippen molar-refractivity contribution in [3.63, 3.8) is 0 Å². The molecule has 0 saturated carbocycles. The van der Waals surface area contributed by atoms with Gasteiger partial charge in [-0.05, 0) is 42.0 Å². The smallest absolute Gasteiger partial charge is 0.251 e. The summed E-state index contributed by atoms with van der Waals surface area (Å²) in [4.78, 5) is 26.2. The fourth-order valence-corrected chi connectivity index (χ4v) is 3.16. The summed E-state index contributed by atoms with van der Waals surface area (Å²) in [6.07, 6.45) is -0.0426. The molecule has 1 saturated heterocycles. The number of halogens is 2. The Kier molecular flexibility index (Phi) is 6.58. The van der Waals surface area contributed by atoms with Crippen LogP contribution in [0.15, 0.2) is 53.0 Å². The number of nitrogens with zero attached hydrogens (tertiary/aromatic N) is 1. The van der Waals surface area contributed by atoms with Crippen LogP contribution in [0.25, 0.3) is 0 Å². The lowest BCUT2D eigenvalue weighted by atomic mass is 10.1. The highest BCUT2D eigenvalue weighted by molar-refractivity contribution is 9.10. The number of carbonyl (C=O) groups is 2. The third-order valence-electron chi connectivity index (χ3n) is 4.39. The van der Waals surface area contributed by atoms with Gasteiger partial charge in [-0.2, -0.15) is 0 Å². The second-order valence-electron chi connectivity index (χ2n) is 6.26. The highest BCUT2D eigenvalue weighted by Gasteiger charge is 2.25. The van der Waals surface area contributed by atoms with Crippen LogP contribution in [0.1, 0.15) is 28.4 Å². The molecule has 5 nitrogen and oxygen atoms in total. The highest BCUT2D eigenvalue weighted by Crippen LogP contribution is 2.22. The van der Waals surface area contributed by atoms with Crippen molar-refractivity contribution in [3.05, 3.63) is 69.9 Å². The van der Waals surface area contributed by atoms with Gasteiger partial charge in [0.2, 0.25) is 5.91 Å². The summed E-state index contributed by atoms with van der Waals surface area (Å²) in [5, 5.41) is 2.76. The van der Waals surface area contributed by atoms with Gasteiger partial charge in [0.05, 0.1) is 13.2 Å². The van der Waals surface area contributed by atoms with Gasteiger partial charge < -0.3 is 15.0 Å². The van der Waals surface area contributed by atoms with E-state index in [2.05, 4.69) is 21.2 Å². The number of rotatable bonds is 5. The number of morpholine rings is 1. The van der Waals surface area contributed by atoms with E-state index in [-0.39, 0.29) is 36.7 Å². The number of ether oxygens (including phenoxy) is 1. The lowest BCUT2D eigenvalue weighted by molar-refractivity contribution is -0.138. The Bertz CT molecular complexity index is 796. The molecule has 1 heterocycles. The maximum Gasteiger partial charge on any atom is 0.251 e. The van der Waals surface area contributed by atoms with E-state index in [4.69, 9.17) is 4.74 Å². The van der Waals surface area contributed by atoms with E-state index in [1.54, 1.807) is 41.3 Å². The van der Waals surface area contributed by atoms with Crippen molar-refractivity contribution in [3.8, 4) is 0 Å². The van der Waals surface area contributed by atoms with E-state index < -0.39 is 0 Å². The Hall–Kier alpha value is -2.25. The largest absolute Gasteiger partial charge is 0.370 e.